The standard InChI is InChI=1S/C17H24F2O8/c1-4-8-25-15(21)12(14(20)24-6-3)13(16(22)26-9-5-2)17(23)27-10-7-11(18)19/h11H,4-10H2,1-3H3. The van der Waals surface area contributed by atoms with Crippen LogP contribution < -0.4 is 0 Å². The maximum absolute atomic E-state index is 12.2. The lowest BCUT2D eigenvalue weighted by Gasteiger charge is -2.13. The van der Waals surface area contributed by atoms with E-state index >= 15 is 0 Å². The van der Waals surface area contributed by atoms with Crippen molar-refractivity contribution in [3.8, 4) is 0 Å². The number of hydrogen-bond donors (Lipinski definition) is 0. The quantitative estimate of drug-likeness (QED) is 0.163. The maximum Gasteiger partial charge on any atom is 0.346 e. The summed E-state index contributed by atoms with van der Waals surface area (Å²) in [6.07, 6.45) is -2.71. The van der Waals surface area contributed by atoms with Crippen LogP contribution in [0.15, 0.2) is 11.1 Å². The van der Waals surface area contributed by atoms with Gasteiger partial charge in [0, 0.05) is 6.42 Å². The van der Waals surface area contributed by atoms with Crippen LogP contribution in [-0.2, 0) is 38.1 Å². The fraction of sp³-hybridized carbons (Fsp3) is 0.647. The summed E-state index contributed by atoms with van der Waals surface area (Å²) in [4.78, 5) is 48.8. The number of carbonyl (C=O) groups excluding carboxylic acids is 4. The fourth-order valence-electron chi connectivity index (χ4n) is 1.62. The molecule has 0 aromatic heterocycles. The van der Waals surface area contributed by atoms with Crippen molar-refractivity contribution in [3.05, 3.63) is 11.1 Å². The smallest absolute Gasteiger partial charge is 0.346 e. The van der Waals surface area contributed by atoms with Gasteiger partial charge in [-0.2, -0.15) is 0 Å². The zero-order valence-electron chi connectivity index (χ0n) is 15.5. The van der Waals surface area contributed by atoms with Crippen LogP contribution in [0, 0.1) is 0 Å². The first-order chi connectivity index (χ1) is 12.8. The third-order valence-electron chi connectivity index (χ3n) is 2.79. The molecular weight excluding hydrogens is 370 g/mol. The lowest BCUT2D eigenvalue weighted by Crippen LogP contribution is -2.29. The van der Waals surface area contributed by atoms with E-state index in [-0.39, 0.29) is 19.8 Å². The summed E-state index contributed by atoms with van der Waals surface area (Å²) >= 11 is 0. The molecule has 0 aromatic rings. The summed E-state index contributed by atoms with van der Waals surface area (Å²) in [6.45, 7) is 3.76. The summed E-state index contributed by atoms with van der Waals surface area (Å²) in [5, 5.41) is 0. The molecule has 0 atom stereocenters. The molecule has 0 N–H and O–H groups in total. The Bertz CT molecular complexity index is 557. The first-order valence-electron chi connectivity index (χ1n) is 8.50. The van der Waals surface area contributed by atoms with Crippen LogP contribution in [0.2, 0.25) is 0 Å². The number of hydrogen-bond acceptors (Lipinski definition) is 8. The molecule has 0 fully saturated rings. The van der Waals surface area contributed by atoms with E-state index in [4.69, 9.17) is 14.2 Å². The Morgan fingerprint density at radius 3 is 1.37 bits per heavy atom. The third-order valence-corrected chi connectivity index (χ3v) is 2.79. The van der Waals surface area contributed by atoms with Crippen molar-refractivity contribution >= 4 is 23.9 Å². The third kappa shape index (κ3) is 9.11. The van der Waals surface area contributed by atoms with Crippen molar-refractivity contribution < 1.29 is 46.9 Å². The number of alkyl halides is 2. The second-order valence-electron chi connectivity index (χ2n) is 5.06. The van der Waals surface area contributed by atoms with Gasteiger partial charge in [-0.25, -0.2) is 28.0 Å². The van der Waals surface area contributed by atoms with Crippen molar-refractivity contribution in [2.75, 3.05) is 26.4 Å². The van der Waals surface area contributed by atoms with Gasteiger partial charge in [0.1, 0.15) is 0 Å². The molecule has 10 heteroatoms. The average Bonchev–Trinajstić information content (AvgIpc) is 2.61. The minimum Gasteiger partial charge on any atom is -0.462 e. The molecule has 0 aliphatic rings. The van der Waals surface area contributed by atoms with Crippen LogP contribution in [0.1, 0.15) is 40.0 Å². The summed E-state index contributed by atoms with van der Waals surface area (Å²) in [5.41, 5.74) is -2.04. The van der Waals surface area contributed by atoms with Gasteiger partial charge in [0.25, 0.3) is 0 Å². The van der Waals surface area contributed by atoms with Crippen molar-refractivity contribution in [1.29, 1.82) is 0 Å². The average molecular weight is 394 g/mol. The molecule has 0 bridgehead atoms. The summed E-state index contributed by atoms with van der Waals surface area (Å²) in [6, 6.07) is 0. The van der Waals surface area contributed by atoms with Crippen molar-refractivity contribution in [3.63, 3.8) is 0 Å². The number of ether oxygens (including phenoxy) is 4. The molecule has 0 radical (unpaired) electrons. The monoisotopic (exact) mass is 394 g/mol. The summed E-state index contributed by atoms with van der Waals surface area (Å²) in [5.74, 6) is -5.32. The highest BCUT2D eigenvalue weighted by molar-refractivity contribution is 6.27. The van der Waals surface area contributed by atoms with Gasteiger partial charge in [-0.05, 0) is 19.8 Å². The largest absolute Gasteiger partial charge is 0.462 e. The minimum atomic E-state index is -2.74. The molecule has 27 heavy (non-hydrogen) atoms. The van der Waals surface area contributed by atoms with Crippen molar-refractivity contribution in [2.45, 2.75) is 46.5 Å². The molecule has 0 aromatic carbocycles. The maximum atomic E-state index is 12.2. The second-order valence-corrected chi connectivity index (χ2v) is 5.06. The Morgan fingerprint density at radius 1 is 0.667 bits per heavy atom. The lowest BCUT2D eigenvalue weighted by molar-refractivity contribution is -0.153. The first kappa shape index (κ1) is 24.5. The predicted molar refractivity (Wildman–Crippen MR) is 87.7 cm³/mol. The Hall–Kier alpha value is -2.52. The SMILES string of the molecule is CCCOC(=O)C(C(=O)OCC)=C(C(=O)OCCC)C(=O)OCCC(F)F. The van der Waals surface area contributed by atoms with Gasteiger partial charge in [-0.15, -0.1) is 0 Å². The van der Waals surface area contributed by atoms with E-state index in [1.54, 1.807) is 13.8 Å². The molecule has 0 spiro atoms. The summed E-state index contributed by atoms with van der Waals surface area (Å²) in [7, 11) is 0. The molecule has 154 valence electrons. The van der Waals surface area contributed by atoms with E-state index in [1.165, 1.54) is 6.92 Å². The number of rotatable bonds is 12. The zero-order chi connectivity index (χ0) is 20.8. The van der Waals surface area contributed by atoms with Gasteiger partial charge in [-0.1, -0.05) is 13.8 Å². The molecular formula is C17H24F2O8. The van der Waals surface area contributed by atoms with E-state index in [0.717, 1.165) is 0 Å². The van der Waals surface area contributed by atoms with Crippen LogP contribution >= 0.6 is 0 Å². The highest BCUT2D eigenvalue weighted by atomic mass is 19.3. The van der Waals surface area contributed by atoms with Gasteiger partial charge in [0.05, 0.1) is 26.4 Å². The van der Waals surface area contributed by atoms with E-state index in [2.05, 4.69) is 4.74 Å². The van der Waals surface area contributed by atoms with Crippen molar-refractivity contribution in [1.82, 2.24) is 0 Å². The Kier molecular flexibility index (Phi) is 12.4. The highest BCUT2D eigenvalue weighted by Crippen LogP contribution is 2.15. The van der Waals surface area contributed by atoms with Crippen LogP contribution in [0.4, 0.5) is 8.78 Å². The van der Waals surface area contributed by atoms with Crippen LogP contribution in [-0.4, -0.2) is 56.7 Å². The van der Waals surface area contributed by atoms with Crippen LogP contribution in [0.25, 0.3) is 0 Å². The van der Waals surface area contributed by atoms with Crippen LogP contribution in [0.3, 0.4) is 0 Å². The highest BCUT2D eigenvalue weighted by Gasteiger charge is 2.36. The predicted octanol–water partition coefficient (Wildman–Crippen LogP) is 1.95. The normalized spacial score (nSPS) is 11.5. The van der Waals surface area contributed by atoms with Crippen LogP contribution in [0.5, 0.6) is 0 Å². The molecule has 0 saturated carbocycles. The second kappa shape index (κ2) is 13.7. The Balaban J connectivity index is 5.93. The fourth-order valence-corrected chi connectivity index (χ4v) is 1.62. The number of carbonyl (C=O) groups is 4. The van der Waals surface area contributed by atoms with Gasteiger partial charge in [0.15, 0.2) is 11.1 Å². The topological polar surface area (TPSA) is 105 Å². The molecule has 0 saturated heterocycles. The molecule has 0 aliphatic heterocycles. The van der Waals surface area contributed by atoms with Gasteiger partial charge >= 0.3 is 23.9 Å². The zero-order valence-corrected chi connectivity index (χ0v) is 15.5. The number of esters is 4. The lowest BCUT2D eigenvalue weighted by atomic mass is 10.1. The minimum absolute atomic E-state index is 0.0839. The van der Waals surface area contributed by atoms with Gasteiger partial charge in [-0.3, -0.25) is 0 Å². The Labute approximate surface area is 155 Å². The van der Waals surface area contributed by atoms with Crippen molar-refractivity contribution in [2.24, 2.45) is 0 Å². The molecule has 0 heterocycles. The molecule has 0 rings (SSSR count). The van der Waals surface area contributed by atoms with Gasteiger partial charge < -0.3 is 18.9 Å². The first-order valence-corrected chi connectivity index (χ1v) is 8.50. The van der Waals surface area contributed by atoms with E-state index in [9.17, 15) is 28.0 Å². The van der Waals surface area contributed by atoms with E-state index in [1.807, 2.05) is 0 Å². The number of halogens is 2. The molecule has 0 aliphatic carbocycles. The molecule has 0 amide bonds. The Morgan fingerprint density at radius 2 is 1.04 bits per heavy atom. The van der Waals surface area contributed by atoms with Gasteiger partial charge in [0.2, 0.25) is 6.43 Å². The summed E-state index contributed by atoms with van der Waals surface area (Å²) < 4.78 is 43.4. The molecule has 0 unspecified atom stereocenters. The van der Waals surface area contributed by atoms with E-state index in [0.29, 0.717) is 12.8 Å². The molecule has 8 nitrogen and oxygen atoms in total. The van der Waals surface area contributed by atoms with E-state index < -0.39 is 54.5 Å².